The average molecular weight is 387 g/mol. The van der Waals surface area contributed by atoms with Crippen LogP contribution in [-0.4, -0.2) is 23.6 Å². The van der Waals surface area contributed by atoms with Gasteiger partial charge in [-0.15, -0.1) is 0 Å². The Bertz CT molecular complexity index is 365. The quantitative estimate of drug-likeness (QED) is 0.121. The second kappa shape index (κ2) is 18.4. The van der Waals surface area contributed by atoms with E-state index in [1.807, 2.05) is 21.6 Å². The van der Waals surface area contributed by atoms with Gasteiger partial charge in [-0.2, -0.15) is 0 Å². The standard InChI is InChI=1S/C21H38O2S2/c1-5-7-9-11-13-15-21(22)23-20(17-19(3)4)18-25-24-16-14-12-10-8-6-2/h7-10,19-20H,5-6,11-18H2,1-4H3/b9-7-,10-8-. The molecular weight excluding hydrogens is 348 g/mol. The zero-order valence-electron chi connectivity index (χ0n) is 16.7. The van der Waals surface area contributed by atoms with Crippen molar-refractivity contribution >= 4 is 27.6 Å². The lowest BCUT2D eigenvalue weighted by Crippen LogP contribution is -2.22. The van der Waals surface area contributed by atoms with Crippen LogP contribution >= 0.6 is 21.6 Å². The van der Waals surface area contributed by atoms with E-state index in [4.69, 9.17) is 4.74 Å². The highest BCUT2D eigenvalue weighted by Gasteiger charge is 2.16. The zero-order chi connectivity index (χ0) is 18.8. The molecule has 0 amide bonds. The Morgan fingerprint density at radius 2 is 1.60 bits per heavy atom. The van der Waals surface area contributed by atoms with Crippen LogP contribution in [0.2, 0.25) is 0 Å². The number of carbonyl (C=O) groups excluding carboxylic acids is 1. The van der Waals surface area contributed by atoms with Crippen LogP contribution in [0.5, 0.6) is 0 Å². The van der Waals surface area contributed by atoms with Crippen LogP contribution in [0.25, 0.3) is 0 Å². The van der Waals surface area contributed by atoms with Gasteiger partial charge in [-0.3, -0.25) is 4.79 Å². The second-order valence-electron chi connectivity index (χ2n) is 6.64. The molecule has 146 valence electrons. The van der Waals surface area contributed by atoms with Crippen molar-refractivity contribution in [1.29, 1.82) is 0 Å². The predicted molar refractivity (Wildman–Crippen MR) is 116 cm³/mol. The van der Waals surface area contributed by atoms with E-state index < -0.39 is 0 Å². The molecule has 0 fully saturated rings. The van der Waals surface area contributed by atoms with E-state index in [1.165, 1.54) is 6.42 Å². The number of allylic oxidation sites excluding steroid dienone is 4. The van der Waals surface area contributed by atoms with Crippen molar-refractivity contribution in [3.05, 3.63) is 24.3 Å². The number of ether oxygens (including phenoxy) is 1. The minimum atomic E-state index is -0.0362. The van der Waals surface area contributed by atoms with Crippen molar-refractivity contribution in [1.82, 2.24) is 0 Å². The monoisotopic (exact) mass is 386 g/mol. The molecular formula is C21H38O2S2. The maximum Gasteiger partial charge on any atom is 0.306 e. The average Bonchev–Trinajstić information content (AvgIpc) is 2.56. The third-order valence-corrected chi connectivity index (χ3v) is 6.06. The third kappa shape index (κ3) is 18.2. The largest absolute Gasteiger partial charge is 0.461 e. The molecule has 0 aromatic heterocycles. The molecule has 0 saturated heterocycles. The maximum absolute atomic E-state index is 12.0. The summed E-state index contributed by atoms with van der Waals surface area (Å²) in [5.74, 6) is 2.57. The van der Waals surface area contributed by atoms with Crippen molar-refractivity contribution in [3.63, 3.8) is 0 Å². The van der Waals surface area contributed by atoms with Gasteiger partial charge in [0.05, 0.1) is 0 Å². The van der Waals surface area contributed by atoms with Crippen LogP contribution in [-0.2, 0) is 9.53 Å². The minimum Gasteiger partial charge on any atom is -0.461 e. The first-order chi connectivity index (χ1) is 12.1. The Morgan fingerprint density at radius 1 is 0.960 bits per heavy atom. The Kier molecular flexibility index (Phi) is 18.2. The summed E-state index contributed by atoms with van der Waals surface area (Å²) in [5.41, 5.74) is 0. The lowest BCUT2D eigenvalue weighted by atomic mass is 10.1. The SMILES string of the molecule is CC/C=C\CCCSSCC(CC(C)C)OC(=O)CCC/C=C\CC. The molecule has 0 heterocycles. The number of hydrogen-bond acceptors (Lipinski definition) is 4. The highest BCUT2D eigenvalue weighted by Crippen LogP contribution is 2.26. The van der Waals surface area contributed by atoms with Gasteiger partial charge in [0.2, 0.25) is 0 Å². The van der Waals surface area contributed by atoms with Gasteiger partial charge in [-0.05, 0) is 50.9 Å². The van der Waals surface area contributed by atoms with Gasteiger partial charge in [0.25, 0.3) is 0 Å². The van der Waals surface area contributed by atoms with E-state index in [0.29, 0.717) is 12.3 Å². The molecule has 2 nitrogen and oxygen atoms in total. The van der Waals surface area contributed by atoms with Gasteiger partial charge >= 0.3 is 5.97 Å². The first kappa shape index (κ1) is 24.7. The molecule has 0 radical (unpaired) electrons. The van der Waals surface area contributed by atoms with Crippen molar-refractivity contribution in [2.24, 2.45) is 5.92 Å². The van der Waals surface area contributed by atoms with Crippen molar-refractivity contribution < 1.29 is 9.53 Å². The van der Waals surface area contributed by atoms with E-state index in [9.17, 15) is 4.79 Å². The van der Waals surface area contributed by atoms with E-state index in [2.05, 4.69) is 52.0 Å². The summed E-state index contributed by atoms with van der Waals surface area (Å²) >= 11 is 0. The first-order valence-corrected chi connectivity index (χ1v) is 12.3. The summed E-state index contributed by atoms with van der Waals surface area (Å²) in [4.78, 5) is 12.0. The lowest BCUT2D eigenvalue weighted by Gasteiger charge is -2.19. The number of esters is 1. The Morgan fingerprint density at radius 3 is 2.20 bits per heavy atom. The second-order valence-corrected chi connectivity index (χ2v) is 9.27. The number of unbranched alkanes of at least 4 members (excludes halogenated alkanes) is 2. The Hall–Kier alpha value is -0.350. The van der Waals surface area contributed by atoms with Crippen LogP contribution in [0, 0.1) is 5.92 Å². The highest BCUT2D eigenvalue weighted by molar-refractivity contribution is 8.76. The third-order valence-electron chi connectivity index (χ3n) is 3.52. The molecule has 1 atom stereocenters. The van der Waals surface area contributed by atoms with Crippen LogP contribution in [0.4, 0.5) is 0 Å². The lowest BCUT2D eigenvalue weighted by molar-refractivity contribution is -0.148. The molecule has 0 spiro atoms. The molecule has 4 heteroatoms. The summed E-state index contributed by atoms with van der Waals surface area (Å²) in [6.45, 7) is 8.67. The molecule has 1 unspecified atom stereocenters. The fourth-order valence-corrected chi connectivity index (χ4v) is 4.60. The highest BCUT2D eigenvalue weighted by atomic mass is 33.1. The van der Waals surface area contributed by atoms with Gasteiger partial charge in [0.15, 0.2) is 0 Å². The molecule has 0 aliphatic heterocycles. The van der Waals surface area contributed by atoms with Crippen molar-refractivity contribution in [2.75, 3.05) is 11.5 Å². The molecule has 0 N–H and O–H groups in total. The smallest absolute Gasteiger partial charge is 0.306 e. The minimum absolute atomic E-state index is 0.0362. The van der Waals surface area contributed by atoms with Gasteiger partial charge in [-0.1, -0.05) is 73.6 Å². The molecule has 0 aromatic carbocycles. The van der Waals surface area contributed by atoms with E-state index in [1.54, 1.807) is 0 Å². The summed E-state index contributed by atoms with van der Waals surface area (Å²) < 4.78 is 5.72. The number of rotatable bonds is 16. The summed E-state index contributed by atoms with van der Waals surface area (Å²) in [6, 6.07) is 0. The van der Waals surface area contributed by atoms with Gasteiger partial charge in [-0.25, -0.2) is 0 Å². The fraction of sp³-hybridized carbons (Fsp3) is 0.762. The number of carbonyl (C=O) groups is 1. The van der Waals surface area contributed by atoms with Gasteiger partial charge < -0.3 is 4.74 Å². The van der Waals surface area contributed by atoms with Gasteiger partial charge in [0, 0.05) is 17.9 Å². The normalized spacial score (nSPS) is 13.2. The van der Waals surface area contributed by atoms with E-state index in [0.717, 1.165) is 50.0 Å². The summed E-state index contributed by atoms with van der Waals surface area (Å²) in [6.07, 6.45) is 16.8. The fourth-order valence-electron chi connectivity index (χ4n) is 2.30. The van der Waals surface area contributed by atoms with Gasteiger partial charge in [0.1, 0.15) is 6.10 Å². The maximum atomic E-state index is 12.0. The van der Waals surface area contributed by atoms with Crippen LogP contribution in [0.1, 0.15) is 79.1 Å². The van der Waals surface area contributed by atoms with Crippen molar-refractivity contribution in [2.45, 2.75) is 85.2 Å². The molecule has 0 aliphatic rings. The predicted octanol–water partition coefficient (Wildman–Crippen LogP) is 7.21. The molecule has 0 saturated carbocycles. The summed E-state index contributed by atoms with van der Waals surface area (Å²) in [7, 11) is 3.75. The number of hydrogen-bond donors (Lipinski definition) is 0. The van der Waals surface area contributed by atoms with Crippen LogP contribution in [0.15, 0.2) is 24.3 Å². The van der Waals surface area contributed by atoms with Crippen molar-refractivity contribution in [3.8, 4) is 0 Å². The first-order valence-electron chi connectivity index (χ1n) is 9.83. The van der Waals surface area contributed by atoms with Crippen LogP contribution in [0.3, 0.4) is 0 Å². The Labute approximate surface area is 164 Å². The zero-order valence-corrected chi connectivity index (χ0v) is 18.3. The van der Waals surface area contributed by atoms with Crippen LogP contribution < -0.4 is 0 Å². The topological polar surface area (TPSA) is 26.3 Å². The molecule has 0 aliphatic carbocycles. The molecule has 0 rings (SSSR count). The van der Waals surface area contributed by atoms with E-state index >= 15 is 0 Å². The summed E-state index contributed by atoms with van der Waals surface area (Å²) in [5, 5.41) is 0. The molecule has 25 heavy (non-hydrogen) atoms. The molecule has 0 aromatic rings. The van der Waals surface area contributed by atoms with E-state index in [-0.39, 0.29) is 12.1 Å². The Balaban J connectivity index is 3.92. The molecule has 0 bridgehead atoms.